The number of fused-ring (bicyclic) bond motifs is 1. The van der Waals surface area contributed by atoms with Gasteiger partial charge >= 0.3 is 0 Å². The summed E-state index contributed by atoms with van der Waals surface area (Å²) >= 11 is 6.30. The van der Waals surface area contributed by atoms with Gasteiger partial charge in [-0.1, -0.05) is 17.7 Å². The molecule has 0 fully saturated rings. The lowest BCUT2D eigenvalue weighted by molar-refractivity contribution is -0.384. The van der Waals surface area contributed by atoms with E-state index in [1.54, 1.807) is 37.1 Å². The van der Waals surface area contributed by atoms with E-state index in [1.807, 2.05) is 0 Å². The first-order chi connectivity index (χ1) is 11.9. The van der Waals surface area contributed by atoms with Gasteiger partial charge in [0.1, 0.15) is 5.75 Å². The summed E-state index contributed by atoms with van der Waals surface area (Å²) in [7, 11) is 1.54. The average Bonchev–Trinajstić information content (AvgIpc) is 2.61. The first-order valence-electron chi connectivity index (χ1n) is 7.86. The topological polar surface area (TPSA) is 72.7 Å². The van der Waals surface area contributed by atoms with Gasteiger partial charge in [-0.05, 0) is 43.0 Å². The van der Waals surface area contributed by atoms with Gasteiger partial charge in [0.25, 0.3) is 11.6 Å². The predicted molar refractivity (Wildman–Crippen MR) is 95.8 cm³/mol. The van der Waals surface area contributed by atoms with E-state index in [-0.39, 0.29) is 11.6 Å². The van der Waals surface area contributed by atoms with Crippen molar-refractivity contribution >= 4 is 28.9 Å². The Morgan fingerprint density at radius 1 is 1.32 bits per heavy atom. The van der Waals surface area contributed by atoms with E-state index >= 15 is 0 Å². The summed E-state index contributed by atoms with van der Waals surface area (Å²) in [5.74, 6) is 0.276. The SMILES string of the molecule is COc1ccc(Cl)c2c1N(C(=O)c1cc([N+](=O)[O-])ccc1C)CCC2. The Morgan fingerprint density at radius 2 is 2.08 bits per heavy atom. The molecule has 0 spiro atoms. The summed E-state index contributed by atoms with van der Waals surface area (Å²) in [4.78, 5) is 25.3. The second-order valence-electron chi connectivity index (χ2n) is 5.89. The Bertz CT molecular complexity index is 866. The Morgan fingerprint density at radius 3 is 2.76 bits per heavy atom. The summed E-state index contributed by atoms with van der Waals surface area (Å²) in [5.41, 5.74) is 2.40. The zero-order chi connectivity index (χ0) is 18.1. The lowest BCUT2D eigenvalue weighted by Gasteiger charge is -2.31. The van der Waals surface area contributed by atoms with Crippen molar-refractivity contribution in [1.82, 2.24) is 0 Å². The van der Waals surface area contributed by atoms with E-state index in [1.165, 1.54) is 12.1 Å². The molecule has 0 radical (unpaired) electrons. The molecule has 2 aromatic rings. The molecule has 0 aromatic heterocycles. The number of anilines is 1. The Hall–Kier alpha value is -2.60. The van der Waals surface area contributed by atoms with E-state index in [2.05, 4.69) is 0 Å². The standard InChI is InChI=1S/C18H17ClN2O4/c1-11-5-6-12(21(23)24)10-14(11)18(22)20-9-3-4-13-15(19)7-8-16(25-2)17(13)20/h5-8,10H,3-4,9H2,1-2H3. The van der Waals surface area contributed by atoms with Crippen molar-refractivity contribution in [3.05, 3.63) is 62.2 Å². The van der Waals surface area contributed by atoms with Crippen molar-refractivity contribution in [3.8, 4) is 5.75 Å². The third-order valence-electron chi connectivity index (χ3n) is 4.39. The lowest BCUT2D eigenvalue weighted by Crippen LogP contribution is -2.36. The Labute approximate surface area is 150 Å². The quantitative estimate of drug-likeness (QED) is 0.608. The number of amides is 1. The second kappa shape index (κ2) is 6.72. The molecule has 0 bridgehead atoms. The third kappa shape index (κ3) is 3.05. The van der Waals surface area contributed by atoms with Gasteiger partial charge in [-0.25, -0.2) is 0 Å². The van der Waals surface area contributed by atoms with Crippen LogP contribution in [0.2, 0.25) is 5.02 Å². The fourth-order valence-corrected chi connectivity index (χ4v) is 3.36. The molecular weight excluding hydrogens is 344 g/mol. The number of rotatable bonds is 3. The van der Waals surface area contributed by atoms with Crippen molar-refractivity contribution in [2.75, 3.05) is 18.6 Å². The van der Waals surface area contributed by atoms with E-state index in [9.17, 15) is 14.9 Å². The van der Waals surface area contributed by atoms with Gasteiger partial charge < -0.3 is 9.64 Å². The number of halogens is 1. The molecule has 0 saturated heterocycles. The maximum Gasteiger partial charge on any atom is 0.270 e. The van der Waals surface area contributed by atoms with Crippen LogP contribution in [-0.2, 0) is 6.42 Å². The molecule has 0 unspecified atom stereocenters. The number of methoxy groups -OCH3 is 1. The van der Waals surface area contributed by atoms with Gasteiger partial charge in [0.05, 0.1) is 17.7 Å². The number of nitro benzene ring substituents is 1. The maximum absolute atomic E-state index is 13.1. The van der Waals surface area contributed by atoms with Gasteiger partial charge in [-0.15, -0.1) is 0 Å². The zero-order valence-corrected chi connectivity index (χ0v) is 14.7. The van der Waals surface area contributed by atoms with Gasteiger partial charge in [0.15, 0.2) is 0 Å². The summed E-state index contributed by atoms with van der Waals surface area (Å²) in [6.45, 7) is 2.27. The zero-order valence-electron chi connectivity index (χ0n) is 13.9. The normalized spacial score (nSPS) is 13.3. The highest BCUT2D eigenvalue weighted by Crippen LogP contribution is 2.41. The van der Waals surface area contributed by atoms with Crippen LogP contribution in [0.4, 0.5) is 11.4 Å². The second-order valence-corrected chi connectivity index (χ2v) is 6.30. The van der Waals surface area contributed by atoms with Gasteiger partial charge in [-0.3, -0.25) is 14.9 Å². The highest BCUT2D eigenvalue weighted by Gasteiger charge is 2.29. The van der Waals surface area contributed by atoms with Crippen molar-refractivity contribution < 1.29 is 14.5 Å². The van der Waals surface area contributed by atoms with Crippen LogP contribution in [0.5, 0.6) is 5.75 Å². The number of carbonyl (C=O) groups excluding carboxylic acids is 1. The highest BCUT2D eigenvalue weighted by molar-refractivity contribution is 6.32. The predicted octanol–water partition coefficient (Wildman–Crippen LogP) is 4.16. The molecule has 25 heavy (non-hydrogen) atoms. The fourth-order valence-electron chi connectivity index (χ4n) is 3.12. The molecule has 0 atom stereocenters. The lowest BCUT2D eigenvalue weighted by atomic mass is 9.98. The third-order valence-corrected chi connectivity index (χ3v) is 4.75. The molecule has 6 nitrogen and oxygen atoms in total. The number of ether oxygens (including phenoxy) is 1. The van der Waals surface area contributed by atoms with Crippen molar-refractivity contribution in [3.63, 3.8) is 0 Å². The summed E-state index contributed by atoms with van der Waals surface area (Å²) in [6.07, 6.45) is 1.52. The highest BCUT2D eigenvalue weighted by atomic mass is 35.5. The number of hydrogen-bond acceptors (Lipinski definition) is 4. The van der Waals surface area contributed by atoms with Crippen molar-refractivity contribution in [1.29, 1.82) is 0 Å². The van der Waals surface area contributed by atoms with E-state index < -0.39 is 4.92 Å². The maximum atomic E-state index is 13.1. The molecule has 7 heteroatoms. The molecule has 0 aliphatic carbocycles. The van der Waals surface area contributed by atoms with Crippen LogP contribution in [0.15, 0.2) is 30.3 Å². The Balaban J connectivity index is 2.11. The van der Waals surface area contributed by atoms with Gasteiger partial charge in [0, 0.05) is 29.3 Å². The largest absolute Gasteiger partial charge is 0.495 e. The van der Waals surface area contributed by atoms with Crippen LogP contribution in [0.25, 0.3) is 0 Å². The van der Waals surface area contributed by atoms with Crippen LogP contribution in [0.1, 0.15) is 27.9 Å². The van der Waals surface area contributed by atoms with Crippen LogP contribution in [0, 0.1) is 17.0 Å². The number of hydrogen-bond donors (Lipinski definition) is 0. The number of aryl methyl sites for hydroxylation is 1. The minimum absolute atomic E-state index is 0.107. The summed E-state index contributed by atoms with van der Waals surface area (Å²) in [6, 6.07) is 7.79. The van der Waals surface area contributed by atoms with Crippen LogP contribution >= 0.6 is 11.6 Å². The number of nitrogens with zero attached hydrogens (tertiary/aromatic N) is 2. The average molecular weight is 361 g/mol. The molecule has 3 rings (SSSR count). The molecule has 0 saturated carbocycles. The van der Waals surface area contributed by atoms with Gasteiger partial charge in [-0.2, -0.15) is 0 Å². The monoisotopic (exact) mass is 360 g/mol. The molecule has 1 aliphatic heterocycles. The van der Waals surface area contributed by atoms with Gasteiger partial charge in [0.2, 0.25) is 0 Å². The molecule has 130 valence electrons. The fraction of sp³-hybridized carbons (Fsp3) is 0.278. The van der Waals surface area contributed by atoms with Crippen LogP contribution in [0.3, 0.4) is 0 Å². The minimum Gasteiger partial charge on any atom is -0.495 e. The first kappa shape index (κ1) is 17.2. The smallest absolute Gasteiger partial charge is 0.270 e. The number of benzene rings is 2. The number of non-ortho nitro benzene ring substituents is 1. The summed E-state index contributed by atoms with van der Waals surface area (Å²) in [5, 5.41) is 11.6. The van der Waals surface area contributed by atoms with E-state index in [0.717, 1.165) is 18.4 Å². The van der Waals surface area contributed by atoms with E-state index in [4.69, 9.17) is 16.3 Å². The van der Waals surface area contributed by atoms with Crippen LogP contribution < -0.4 is 9.64 Å². The van der Waals surface area contributed by atoms with Crippen LogP contribution in [-0.4, -0.2) is 24.5 Å². The van der Waals surface area contributed by atoms with Crippen molar-refractivity contribution in [2.45, 2.75) is 19.8 Å². The van der Waals surface area contributed by atoms with E-state index in [0.29, 0.717) is 34.1 Å². The Kier molecular flexibility index (Phi) is 4.63. The first-order valence-corrected chi connectivity index (χ1v) is 8.24. The molecular formula is C18H17ClN2O4. The number of nitro groups is 1. The molecule has 1 heterocycles. The summed E-state index contributed by atoms with van der Waals surface area (Å²) < 4.78 is 5.42. The minimum atomic E-state index is -0.502. The molecule has 1 aliphatic rings. The van der Waals surface area contributed by atoms with Crippen molar-refractivity contribution in [2.24, 2.45) is 0 Å². The molecule has 0 N–H and O–H groups in total. The molecule has 2 aromatic carbocycles. The molecule has 1 amide bonds. The number of carbonyl (C=O) groups is 1.